The van der Waals surface area contributed by atoms with Gasteiger partial charge in [0.25, 0.3) is 0 Å². The number of nitrogens with two attached hydrogens (primary N) is 1. The van der Waals surface area contributed by atoms with Gasteiger partial charge in [-0.25, -0.2) is 9.18 Å². The van der Waals surface area contributed by atoms with Gasteiger partial charge in [-0.15, -0.1) is 0 Å². The highest BCUT2D eigenvalue weighted by molar-refractivity contribution is 5.90. The van der Waals surface area contributed by atoms with E-state index in [0.29, 0.717) is 13.2 Å². The molecule has 4 nitrogen and oxygen atoms in total. The number of ether oxygens (including phenoxy) is 2. The van der Waals surface area contributed by atoms with Crippen LogP contribution in [0.4, 0.5) is 10.1 Å². The molecule has 0 atom stereocenters. The van der Waals surface area contributed by atoms with E-state index in [-0.39, 0.29) is 17.9 Å². The highest BCUT2D eigenvalue weighted by Gasteiger charge is 2.09. The van der Waals surface area contributed by atoms with Gasteiger partial charge in [0, 0.05) is 12.3 Å². The Bertz CT molecular complexity index is 348. The van der Waals surface area contributed by atoms with Crippen molar-refractivity contribution in [1.29, 1.82) is 0 Å². The van der Waals surface area contributed by atoms with E-state index in [1.807, 2.05) is 6.92 Å². The van der Waals surface area contributed by atoms with E-state index in [1.54, 1.807) is 0 Å². The number of anilines is 1. The fourth-order valence-corrected chi connectivity index (χ4v) is 1.15. The Kier molecular flexibility index (Phi) is 4.72. The lowest BCUT2D eigenvalue weighted by atomic mass is 10.2. The number of esters is 1. The normalized spacial score (nSPS) is 10.1. The van der Waals surface area contributed by atoms with Gasteiger partial charge in [-0.05, 0) is 25.1 Å². The second-order valence-electron chi connectivity index (χ2n) is 3.11. The second-order valence-corrected chi connectivity index (χ2v) is 3.11. The van der Waals surface area contributed by atoms with E-state index in [1.165, 1.54) is 6.07 Å². The van der Waals surface area contributed by atoms with Crippen molar-refractivity contribution in [3.05, 3.63) is 29.6 Å². The SMILES string of the molecule is CCOCCOC(=O)c1cc(N)cc(F)c1. The molecule has 5 heteroatoms. The fourth-order valence-electron chi connectivity index (χ4n) is 1.15. The highest BCUT2D eigenvalue weighted by atomic mass is 19.1. The van der Waals surface area contributed by atoms with E-state index in [9.17, 15) is 9.18 Å². The summed E-state index contributed by atoms with van der Waals surface area (Å²) in [6.45, 7) is 2.87. The molecular formula is C11H14FNO3. The van der Waals surface area contributed by atoms with Gasteiger partial charge in [-0.1, -0.05) is 0 Å². The number of hydrogen-bond donors (Lipinski definition) is 1. The van der Waals surface area contributed by atoms with Gasteiger partial charge < -0.3 is 15.2 Å². The Morgan fingerprint density at radius 1 is 1.38 bits per heavy atom. The molecule has 1 rings (SSSR count). The number of halogens is 1. The van der Waals surface area contributed by atoms with Crippen LogP contribution in [0.25, 0.3) is 0 Å². The minimum absolute atomic E-state index is 0.106. The van der Waals surface area contributed by atoms with Gasteiger partial charge >= 0.3 is 5.97 Å². The molecule has 0 bridgehead atoms. The first-order valence-electron chi connectivity index (χ1n) is 4.94. The van der Waals surface area contributed by atoms with Crippen LogP contribution < -0.4 is 5.73 Å². The molecule has 88 valence electrons. The average molecular weight is 227 g/mol. The molecule has 0 radical (unpaired) electrons. The standard InChI is InChI=1S/C11H14FNO3/c1-2-15-3-4-16-11(14)8-5-9(12)7-10(13)6-8/h5-7H,2-4,13H2,1H3. The van der Waals surface area contributed by atoms with Gasteiger partial charge in [0.05, 0.1) is 12.2 Å². The van der Waals surface area contributed by atoms with Gasteiger partial charge in [0.15, 0.2) is 0 Å². The molecule has 2 N–H and O–H groups in total. The van der Waals surface area contributed by atoms with Crippen LogP contribution in [0.5, 0.6) is 0 Å². The third kappa shape index (κ3) is 3.86. The van der Waals surface area contributed by atoms with Crippen LogP contribution in [0, 0.1) is 5.82 Å². The molecule has 16 heavy (non-hydrogen) atoms. The zero-order valence-corrected chi connectivity index (χ0v) is 9.03. The summed E-state index contributed by atoms with van der Waals surface area (Å²) in [5.74, 6) is -1.16. The molecule has 0 heterocycles. The molecule has 0 aliphatic heterocycles. The van der Waals surface area contributed by atoms with Crippen LogP contribution in [0.15, 0.2) is 18.2 Å². The quantitative estimate of drug-likeness (QED) is 0.471. The summed E-state index contributed by atoms with van der Waals surface area (Å²) in [4.78, 5) is 11.4. The summed E-state index contributed by atoms with van der Waals surface area (Å²) in [6.07, 6.45) is 0. The van der Waals surface area contributed by atoms with E-state index in [4.69, 9.17) is 15.2 Å². The third-order valence-corrected chi connectivity index (χ3v) is 1.82. The summed E-state index contributed by atoms with van der Waals surface area (Å²) in [5, 5.41) is 0. The van der Waals surface area contributed by atoms with E-state index >= 15 is 0 Å². The number of carbonyl (C=O) groups is 1. The molecule has 0 saturated heterocycles. The van der Waals surface area contributed by atoms with Crippen molar-refractivity contribution < 1.29 is 18.7 Å². The van der Waals surface area contributed by atoms with Crippen LogP contribution in [0.3, 0.4) is 0 Å². The van der Waals surface area contributed by atoms with E-state index in [0.717, 1.165) is 12.1 Å². The Labute approximate surface area is 93.2 Å². The molecule has 0 aromatic heterocycles. The summed E-state index contributed by atoms with van der Waals surface area (Å²) >= 11 is 0. The lowest BCUT2D eigenvalue weighted by molar-refractivity contribution is 0.0335. The average Bonchev–Trinajstić information content (AvgIpc) is 2.22. The Hall–Kier alpha value is -1.62. The Morgan fingerprint density at radius 3 is 2.75 bits per heavy atom. The molecule has 1 aromatic rings. The van der Waals surface area contributed by atoms with Crippen LogP contribution in [0.2, 0.25) is 0 Å². The predicted octanol–water partition coefficient (Wildman–Crippen LogP) is 1.60. The van der Waals surface area contributed by atoms with Crippen molar-refractivity contribution >= 4 is 11.7 Å². The van der Waals surface area contributed by atoms with Gasteiger partial charge in [-0.3, -0.25) is 0 Å². The largest absolute Gasteiger partial charge is 0.460 e. The number of rotatable bonds is 5. The number of benzene rings is 1. The van der Waals surface area contributed by atoms with Crippen molar-refractivity contribution in [1.82, 2.24) is 0 Å². The van der Waals surface area contributed by atoms with Crippen LogP contribution in [0.1, 0.15) is 17.3 Å². The maximum absolute atomic E-state index is 12.9. The highest BCUT2D eigenvalue weighted by Crippen LogP contribution is 2.11. The molecular weight excluding hydrogens is 213 g/mol. The molecule has 0 spiro atoms. The van der Waals surface area contributed by atoms with E-state index in [2.05, 4.69) is 0 Å². The monoisotopic (exact) mass is 227 g/mol. The van der Waals surface area contributed by atoms with Gasteiger partial charge in [0.2, 0.25) is 0 Å². The fraction of sp³-hybridized carbons (Fsp3) is 0.364. The van der Waals surface area contributed by atoms with Crippen LogP contribution in [-0.4, -0.2) is 25.8 Å². The number of hydrogen-bond acceptors (Lipinski definition) is 4. The summed E-state index contributed by atoms with van der Waals surface area (Å²) in [6, 6.07) is 3.59. The molecule has 1 aromatic carbocycles. The minimum atomic E-state index is -0.606. The summed E-state index contributed by atoms with van der Waals surface area (Å²) in [7, 11) is 0. The van der Waals surface area contributed by atoms with Gasteiger partial charge in [0.1, 0.15) is 12.4 Å². The van der Waals surface area contributed by atoms with Crippen molar-refractivity contribution in [3.63, 3.8) is 0 Å². The van der Waals surface area contributed by atoms with Gasteiger partial charge in [-0.2, -0.15) is 0 Å². The smallest absolute Gasteiger partial charge is 0.338 e. The molecule has 0 fully saturated rings. The minimum Gasteiger partial charge on any atom is -0.460 e. The first kappa shape index (κ1) is 12.4. The lowest BCUT2D eigenvalue weighted by Crippen LogP contribution is -2.11. The second kappa shape index (κ2) is 6.07. The number of nitrogen functional groups attached to an aromatic ring is 1. The molecule has 0 saturated carbocycles. The van der Waals surface area contributed by atoms with Crippen LogP contribution in [-0.2, 0) is 9.47 Å². The molecule has 0 aliphatic rings. The Balaban J connectivity index is 2.52. The van der Waals surface area contributed by atoms with Crippen molar-refractivity contribution in [2.24, 2.45) is 0 Å². The predicted molar refractivity (Wildman–Crippen MR) is 57.6 cm³/mol. The zero-order chi connectivity index (χ0) is 12.0. The lowest BCUT2D eigenvalue weighted by Gasteiger charge is -2.05. The van der Waals surface area contributed by atoms with E-state index < -0.39 is 11.8 Å². The van der Waals surface area contributed by atoms with Crippen molar-refractivity contribution in [3.8, 4) is 0 Å². The zero-order valence-electron chi connectivity index (χ0n) is 9.03. The first-order chi connectivity index (χ1) is 7.63. The topological polar surface area (TPSA) is 61.5 Å². The first-order valence-corrected chi connectivity index (χ1v) is 4.94. The number of carbonyl (C=O) groups excluding carboxylic acids is 1. The maximum atomic E-state index is 12.9. The van der Waals surface area contributed by atoms with Crippen LogP contribution >= 0.6 is 0 Å². The molecule has 0 aliphatic carbocycles. The molecule has 0 unspecified atom stereocenters. The Morgan fingerprint density at radius 2 is 2.12 bits per heavy atom. The van der Waals surface area contributed by atoms with Crippen molar-refractivity contribution in [2.45, 2.75) is 6.92 Å². The summed E-state index contributed by atoms with van der Waals surface area (Å²) < 4.78 is 22.8. The maximum Gasteiger partial charge on any atom is 0.338 e. The van der Waals surface area contributed by atoms with Crippen molar-refractivity contribution in [2.75, 3.05) is 25.6 Å². The third-order valence-electron chi connectivity index (χ3n) is 1.82. The molecule has 0 amide bonds. The summed E-state index contributed by atoms with van der Waals surface area (Å²) in [5.41, 5.74) is 5.70.